The lowest BCUT2D eigenvalue weighted by Crippen LogP contribution is -2.15. The molecule has 25 heavy (non-hydrogen) atoms. The summed E-state index contributed by atoms with van der Waals surface area (Å²) in [5.74, 6) is -0.423. The number of aryl methyl sites for hydroxylation is 1. The summed E-state index contributed by atoms with van der Waals surface area (Å²) in [7, 11) is 0. The molecule has 6 nitrogen and oxygen atoms in total. The molecule has 0 aliphatic heterocycles. The van der Waals surface area contributed by atoms with Crippen LogP contribution in [0.1, 0.15) is 22.2 Å². The van der Waals surface area contributed by atoms with Crippen molar-refractivity contribution in [2.45, 2.75) is 13.8 Å². The summed E-state index contributed by atoms with van der Waals surface area (Å²) >= 11 is 2.53. The number of benzene rings is 1. The first kappa shape index (κ1) is 15.9. The number of carbonyl (C=O) groups excluding carboxylic acids is 1. The molecule has 0 saturated carbocycles. The van der Waals surface area contributed by atoms with E-state index in [1.54, 1.807) is 13.8 Å². The minimum atomic E-state index is -0.423. The molecule has 0 unspecified atom stereocenters. The average molecular weight is 371 g/mol. The number of thiophene rings is 1. The fraction of sp³-hybridized carbons (Fsp3) is 0.176. The third-order valence-electron chi connectivity index (χ3n) is 3.77. The summed E-state index contributed by atoms with van der Waals surface area (Å²) in [4.78, 5) is 30.9. The fourth-order valence-electron chi connectivity index (χ4n) is 2.60. The Balaban J connectivity index is 1.94. The lowest BCUT2D eigenvalue weighted by atomic mass is 10.2. The molecule has 0 aliphatic carbocycles. The van der Waals surface area contributed by atoms with Crippen molar-refractivity contribution in [3.63, 3.8) is 0 Å². The van der Waals surface area contributed by atoms with E-state index in [9.17, 15) is 9.59 Å². The molecular weight excluding hydrogens is 358 g/mol. The molecule has 4 rings (SSSR count). The fourth-order valence-corrected chi connectivity index (χ4v) is 4.62. The largest absolute Gasteiger partial charge is 0.462 e. The van der Waals surface area contributed by atoms with Crippen LogP contribution in [0.3, 0.4) is 0 Å². The van der Waals surface area contributed by atoms with E-state index in [1.165, 1.54) is 27.2 Å². The molecular formula is C17H13N3O3S2. The number of hydrogen-bond donors (Lipinski definition) is 0. The van der Waals surface area contributed by atoms with E-state index < -0.39 is 5.97 Å². The van der Waals surface area contributed by atoms with Crippen LogP contribution in [-0.4, -0.2) is 27.2 Å². The predicted molar refractivity (Wildman–Crippen MR) is 98.6 cm³/mol. The average Bonchev–Trinajstić information content (AvgIpc) is 3.18. The van der Waals surface area contributed by atoms with Crippen LogP contribution in [0, 0.1) is 6.92 Å². The predicted octanol–water partition coefficient (Wildman–Crippen LogP) is 3.52. The Morgan fingerprint density at radius 3 is 2.72 bits per heavy atom. The van der Waals surface area contributed by atoms with Crippen LogP contribution in [-0.2, 0) is 4.74 Å². The van der Waals surface area contributed by atoms with Crippen molar-refractivity contribution in [1.29, 1.82) is 0 Å². The number of hydrogen-bond acceptors (Lipinski definition) is 7. The SMILES string of the molecule is CCOC(=O)c1sc2nc3sc(-c4ccccc4)nn3c(=O)c2c1C. The van der Waals surface area contributed by atoms with Crippen molar-refractivity contribution in [1.82, 2.24) is 14.6 Å². The highest BCUT2D eigenvalue weighted by Crippen LogP contribution is 2.30. The molecule has 0 fully saturated rings. The molecule has 0 bridgehead atoms. The van der Waals surface area contributed by atoms with Gasteiger partial charge in [0.1, 0.15) is 14.7 Å². The van der Waals surface area contributed by atoms with Gasteiger partial charge in [-0.3, -0.25) is 4.79 Å². The summed E-state index contributed by atoms with van der Waals surface area (Å²) in [6.45, 7) is 3.78. The van der Waals surface area contributed by atoms with Gasteiger partial charge in [0.05, 0.1) is 12.0 Å². The molecule has 4 aromatic rings. The molecule has 0 spiro atoms. The van der Waals surface area contributed by atoms with E-state index in [0.717, 1.165) is 10.6 Å². The van der Waals surface area contributed by atoms with Crippen LogP contribution in [0.25, 0.3) is 25.7 Å². The number of esters is 1. The molecule has 0 N–H and O–H groups in total. The van der Waals surface area contributed by atoms with Crippen LogP contribution in [0.5, 0.6) is 0 Å². The van der Waals surface area contributed by atoms with Crippen molar-refractivity contribution in [2.24, 2.45) is 0 Å². The van der Waals surface area contributed by atoms with E-state index in [1.807, 2.05) is 30.3 Å². The summed E-state index contributed by atoms with van der Waals surface area (Å²) in [5, 5.41) is 5.57. The lowest BCUT2D eigenvalue weighted by Gasteiger charge is -1.98. The maximum Gasteiger partial charge on any atom is 0.348 e. The number of rotatable bonds is 3. The van der Waals surface area contributed by atoms with Crippen molar-refractivity contribution >= 4 is 43.8 Å². The summed E-state index contributed by atoms with van der Waals surface area (Å²) in [6.07, 6.45) is 0. The lowest BCUT2D eigenvalue weighted by molar-refractivity contribution is 0.0531. The molecule has 3 aromatic heterocycles. The highest BCUT2D eigenvalue weighted by atomic mass is 32.1. The van der Waals surface area contributed by atoms with Gasteiger partial charge in [-0.15, -0.1) is 11.3 Å². The van der Waals surface area contributed by atoms with Crippen molar-refractivity contribution in [2.75, 3.05) is 6.61 Å². The van der Waals surface area contributed by atoms with Crippen molar-refractivity contribution in [3.05, 3.63) is 51.1 Å². The summed E-state index contributed by atoms with van der Waals surface area (Å²) < 4.78 is 6.37. The number of carbonyl (C=O) groups is 1. The van der Waals surface area contributed by atoms with Gasteiger partial charge in [0.25, 0.3) is 5.56 Å². The first-order valence-electron chi connectivity index (χ1n) is 7.65. The Morgan fingerprint density at radius 1 is 1.24 bits per heavy atom. The van der Waals surface area contributed by atoms with Gasteiger partial charge >= 0.3 is 5.97 Å². The van der Waals surface area contributed by atoms with E-state index in [4.69, 9.17) is 4.74 Å². The van der Waals surface area contributed by atoms with Gasteiger partial charge in [-0.05, 0) is 19.4 Å². The third-order valence-corrected chi connectivity index (χ3v) is 5.90. The van der Waals surface area contributed by atoms with Gasteiger partial charge in [-0.1, -0.05) is 41.7 Å². The zero-order valence-electron chi connectivity index (χ0n) is 13.5. The second kappa shape index (κ2) is 6.05. The monoisotopic (exact) mass is 371 g/mol. The topological polar surface area (TPSA) is 73.6 Å². The smallest absolute Gasteiger partial charge is 0.348 e. The Labute approximate surface area is 150 Å². The highest BCUT2D eigenvalue weighted by Gasteiger charge is 2.22. The zero-order chi connectivity index (χ0) is 17.6. The molecule has 1 aromatic carbocycles. The first-order chi connectivity index (χ1) is 12.1. The Bertz CT molecular complexity index is 1160. The van der Waals surface area contributed by atoms with Crippen LogP contribution in [0.2, 0.25) is 0 Å². The Kier molecular flexibility index (Phi) is 3.85. The number of ether oxygens (including phenoxy) is 1. The van der Waals surface area contributed by atoms with Gasteiger partial charge in [-0.2, -0.15) is 9.61 Å². The van der Waals surface area contributed by atoms with Crippen molar-refractivity contribution in [3.8, 4) is 10.6 Å². The van der Waals surface area contributed by atoms with E-state index >= 15 is 0 Å². The second-order valence-corrected chi connectivity index (χ2v) is 7.30. The Morgan fingerprint density at radius 2 is 2.00 bits per heavy atom. The van der Waals surface area contributed by atoms with E-state index in [0.29, 0.717) is 25.6 Å². The maximum atomic E-state index is 12.9. The molecule has 0 aliphatic rings. The van der Waals surface area contributed by atoms with Crippen LogP contribution < -0.4 is 5.56 Å². The van der Waals surface area contributed by atoms with E-state index in [2.05, 4.69) is 10.1 Å². The molecule has 3 heterocycles. The number of nitrogens with zero attached hydrogens (tertiary/aromatic N) is 3. The standard InChI is InChI=1S/C17H13N3O3S2/c1-3-23-16(22)12-9(2)11-14(24-12)18-17-20(15(11)21)19-13(25-17)10-7-5-4-6-8-10/h4-8H,3H2,1-2H3. The van der Waals surface area contributed by atoms with Crippen LogP contribution in [0.4, 0.5) is 0 Å². The summed E-state index contributed by atoms with van der Waals surface area (Å²) in [6, 6.07) is 9.65. The quantitative estimate of drug-likeness (QED) is 0.515. The molecule has 0 saturated heterocycles. The normalized spacial score (nSPS) is 11.3. The zero-order valence-corrected chi connectivity index (χ0v) is 15.1. The van der Waals surface area contributed by atoms with Gasteiger partial charge in [0.15, 0.2) is 0 Å². The van der Waals surface area contributed by atoms with Crippen molar-refractivity contribution < 1.29 is 9.53 Å². The highest BCUT2D eigenvalue weighted by molar-refractivity contribution is 7.21. The van der Waals surface area contributed by atoms with Crippen LogP contribution in [0.15, 0.2) is 35.1 Å². The number of aromatic nitrogens is 3. The van der Waals surface area contributed by atoms with Gasteiger partial charge in [0, 0.05) is 5.56 Å². The molecule has 126 valence electrons. The second-order valence-electron chi connectivity index (χ2n) is 5.34. The minimum absolute atomic E-state index is 0.261. The first-order valence-corrected chi connectivity index (χ1v) is 9.29. The summed E-state index contributed by atoms with van der Waals surface area (Å²) in [5.41, 5.74) is 1.27. The molecule has 8 heteroatoms. The molecule has 0 amide bonds. The third kappa shape index (κ3) is 2.54. The van der Waals surface area contributed by atoms with Gasteiger partial charge in [0.2, 0.25) is 4.96 Å². The van der Waals surface area contributed by atoms with Gasteiger partial charge in [-0.25, -0.2) is 9.78 Å². The van der Waals surface area contributed by atoms with Gasteiger partial charge < -0.3 is 4.74 Å². The van der Waals surface area contributed by atoms with E-state index in [-0.39, 0.29) is 12.2 Å². The minimum Gasteiger partial charge on any atom is -0.462 e. The maximum absolute atomic E-state index is 12.9. The molecule has 0 atom stereocenters. The number of fused-ring (bicyclic) bond motifs is 2. The van der Waals surface area contributed by atoms with Crippen LogP contribution >= 0.6 is 22.7 Å². The molecule has 0 radical (unpaired) electrons. The Hall–Kier alpha value is -2.58.